The van der Waals surface area contributed by atoms with Crippen LogP contribution in [-0.2, 0) is 16.1 Å². The molecule has 1 aromatic carbocycles. The summed E-state index contributed by atoms with van der Waals surface area (Å²) in [7, 11) is 0. The van der Waals surface area contributed by atoms with E-state index in [2.05, 4.69) is 11.8 Å². The Morgan fingerprint density at radius 3 is 2.89 bits per heavy atom. The fourth-order valence-electron chi connectivity index (χ4n) is 1.46. The molecule has 1 aromatic rings. The van der Waals surface area contributed by atoms with Crippen molar-refractivity contribution >= 4 is 0 Å². The molecule has 3 nitrogen and oxygen atoms in total. The average Bonchev–Trinajstić information content (AvgIpc) is 2.42. The van der Waals surface area contributed by atoms with Crippen molar-refractivity contribution in [2.75, 3.05) is 19.8 Å². The summed E-state index contributed by atoms with van der Waals surface area (Å²) < 4.78 is 24.2. The van der Waals surface area contributed by atoms with Crippen molar-refractivity contribution in [3.8, 4) is 11.8 Å². The van der Waals surface area contributed by atoms with Gasteiger partial charge in [0.25, 0.3) is 0 Å². The number of aliphatic hydroxyl groups is 1. The minimum Gasteiger partial charge on any atom is -0.384 e. The van der Waals surface area contributed by atoms with E-state index in [4.69, 9.17) is 14.6 Å². The van der Waals surface area contributed by atoms with Crippen molar-refractivity contribution < 1.29 is 19.0 Å². The van der Waals surface area contributed by atoms with E-state index in [-0.39, 0.29) is 18.3 Å². The molecule has 104 valence electrons. The lowest BCUT2D eigenvalue weighted by molar-refractivity contribution is -0.0116. The summed E-state index contributed by atoms with van der Waals surface area (Å²) in [5, 5.41) is 8.61. The van der Waals surface area contributed by atoms with Gasteiger partial charge in [0.1, 0.15) is 12.4 Å². The molecule has 1 atom stereocenters. The third-order valence-corrected chi connectivity index (χ3v) is 2.42. The lowest BCUT2D eigenvalue weighted by Crippen LogP contribution is -2.15. The van der Waals surface area contributed by atoms with Crippen LogP contribution >= 0.6 is 0 Å². The SMILES string of the molecule is CCOCC(C)OCc1ccc(F)c(C#CCO)c1. The van der Waals surface area contributed by atoms with Crippen LogP contribution in [-0.4, -0.2) is 31.0 Å². The highest BCUT2D eigenvalue weighted by Crippen LogP contribution is 2.11. The summed E-state index contributed by atoms with van der Waals surface area (Å²) >= 11 is 0. The highest BCUT2D eigenvalue weighted by molar-refractivity contribution is 5.38. The van der Waals surface area contributed by atoms with E-state index < -0.39 is 5.82 Å². The molecule has 0 saturated carbocycles. The summed E-state index contributed by atoms with van der Waals surface area (Å²) in [6.07, 6.45) is -0.0167. The van der Waals surface area contributed by atoms with Gasteiger partial charge in [-0.25, -0.2) is 4.39 Å². The maximum absolute atomic E-state index is 13.4. The summed E-state index contributed by atoms with van der Waals surface area (Å²) in [5.74, 6) is 4.60. The zero-order valence-electron chi connectivity index (χ0n) is 11.3. The second-order valence-corrected chi connectivity index (χ2v) is 4.06. The molecule has 0 radical (unpaired) electrons. The van der Waals surface area contributed by atoms with Crippen molar-refractivity contribution in [3.63, 3.8) is 0 Å². The smallest absolute Gasteiger partial charge is 0.138 e. The minimum atomic E-state index is -0.396. The first kappa shape index (κ1) is 15.6. The van der Waals surface area contributed by atoms with Gasteiger partial charge in [-0.05, 0) is 31.5 Å². The minimum absolute atomic E-state index is 0.0167. The van der Waals surface area contributed by atoms with E-state index in [1.807, 2.05) is 13.8 Å². The highest BCUT2D eigenvalue weighted by Gasteiger charge is 2.05. The quantitative estimate of drug-likeness (QED) is 0.801. The van der Waals surface area contributed by atoms with Crippen molar-refractivity contribution in [1.29, 1.82) is 0 Å². The summed E-state index contributed by atoms with van der Waals surface area (Å²) in [6, 6.07) is 4.64. The van der Waals surface area contributed by atoms with Crippen LogP contribution in [0.2, 0.25) is 0 Å². The van der Waals surface area contributed by atoms with E-state index in [1.54, 1.807) is 12.1 Å². The topological polar surface area (TPSA) is 38.7 Å². The van der Waals surface area contributed by atoms with Gasteiger partial charge in [-0.3, -0.25) is 0 Å². The van der Waals surface area contributed by atoms with E-state index >= 15 is 0 Å². The Morgan fingerprint density at radius 2 is 2.21 bits per heavy atom. The Kier molecular flexibility index (Phi) is 7.12. The first-order chi connectivity index (χ1) is 9.17. The molecule has 0 aromatic heterocycles. The number of hydrogen-bond acceptors (Lipinski definition) is 3. The zero-order chi connectivity index (χ0) is 14.1. The second kappa shape index (κ2) is 8.65. The molecular formula is C15H19FO3. The molecule has 0 heterocycles. The average molecular weight is 266 g/mol. The Hall–Kier alpha value is -1.41. The predicted molar refractivity (Wildman–Crippen MR) is 71.1 cm³/mol. The second-order valence-electron chi connectivity index (χ2n) is 4.06. The first-order valence-corrected chi connectivity index (χ1v) is 6.24. The largest absolute Gasteiger partial charge is 0.384 e. The van der Waals surface area contributed by atoms with Gasteiger partial charge in [0.05, 0.1) is 24.9 Å². The van der Waals surface area contributed by atoms with Crippen molar-refractivity contribution in [2.24, 2.45) is 0 Å². The molecule has 0 bridgehead atoms. The first-order valence-electron chi connectivity index (χ1n) is 6.24. The number of benzene rings is 1. The Balaban J connectivity index is 2.59. The van der Waals surface area contributed by atoms with Crippen LogP contribution in [0.25, 0.3) is 0 Å². The number of aliphatic hydroxyl groups excluding tert-OH is 1. The van der Waals surface area contributed by atoms with E-state index in [9.17, 15) is 4.39 Å². The fourth-order valence-corrected chi connectivity index (χ4v) is 1.46. The molecule has 0 amide bonds. The molecule has 0 aliphatic rings. The van der Waals surface area contributed by atoms with Crippen molar-refractivity contribution in [1.82, 2.24) is 0 Å². The Bertz CT molecular complexity index is 448. The lowest BCUT2D eigenvalue weighted by Gasteiger charge is -2.13. The van der Waals surface area contributed by atoms with Gasteiger partial charge in [-0.15, -0.1) is 0 Å². The number of rotatable bonds is 6. The van der Waals surface area contributed by atoms with E-state index in [0.717, 1.165) is 5.56 Å². The number of ether oxygens (including phenoxy) is 2. The summed E-state index contributed by atoms with van der Waals surface area (Å²) in [5.41, 5.74) is 1.11. The molecule has 4 heteroatoms. The van der Waals surface area contributed by atoms with Gasteiger partial charge >= 0.3 is 0 Å². The zero-order valence-corrected chi connectivity index (χ0v) is 11.3. The Labute approximate surface area is 113 Å². The molecule has 19 heavy (non-hydrogen) atoms. The standard InChI is InChI=1S/C15H19FO3/c1-3-18-10-12(2)19-11-13-6-7-15(16)14(9-13)5-4-8-17/h6-7,9,12,17H,3,8,10-11H2,1-2H3. The van der Waals surface area contributed by atoms with Crippen molar-refractivity contribution in [2.45, 2.75) is 26.6 Å². The van der Waals surface area contributed by atoms with Crippen LogP contribution in [0.15, 0.2) is 18.2 Å². The molecule has 1 unspecified atom stereocenters. The van der Waals surface area contributed by atoms with Gasteiger partial charge < -0.3 is 14.6 Å². The molecule has 0 aliphatic heterocycles. The maximum Gasteiger partial charge on any atom is 0.138 e. The number of halogens is 1. The fraction of sp³-hybridized carbons (Fsp3) is 0.467. The molecule has 0 saturated heterocycles. The van der Waals surface area contributed by atoms with Crippen LogP contribution in [0.5, 0.6) is 0 Å². The molecular weight excluding hydrogens is 247 g/mol. The Morgan fingerprint density at radius 1 is 1.42 bits per heavy atom. The van der Waals surface area contributed by atoms with Gasteiger partial charge in [0, 0.05) is 6.61 Å². The summed E-state index contributed by atoms with van der Waals surface area (Å²) in [4.78, 5) is 0. The maximum atomic E-state index is 13.4. The van der Waals surface area contributed by atoms with Gasteiger partial charge in [-0.2, -0.15) is 0 Å². The third-order valence-electron chi connectivity index (χ3n) is 2.42. The summed E-state index contributed by atoms with van der Waals surface area (Å²) in [6.45, 7) is 5.14. The number of hydrogen-bond donors (Lipinski definition) is 1. The van der Waals surface area contributed by atoms with Crippen molar-refractivity contribution in [3.05, 3.63) is 35.1 Å². The molecule has 1 N–H and O–H groups in total. The normalized spacial score (nSPS) is 11.8. The molecule has 1 rings (SSSR count). The lowest BCUT2D eigenvalue weighted by atomic mass is 10.1. The predicted octanol–water partition coefficient (Wildman–Crippen LogP) is 2.11. The van der Waals surface area contributed by atoms with Gasteiger partial charge in [0.15, 0.2) is 0 Å². The van der Waals surface area contributed by atoms with Gasteiger partial charge in [0.2, 0.25) is 0 Å². The monoisotopic (exact) mass is 266 g/mol. The van der Waals surface area contributed by atoms with E-state index in [0.29, 0.717) is 19.8 Å². The molecule has 0 fully saturated rings. The van der Waals surface area contributed by atoms with Crippen LogP contribution in [0, 0.1) is 17.7 Å². The van der Waals surface area contributed by atoms with Crippen LogP contribution < -0.4 is 0 Å². The third kappa shape index (κ3) is 5.84. The molecule has 0 spiro atoms. The van der Waals surface area contributed by atoms with Crippen LogP contribution in [0.3, 0.4) is 0 Å². The van der Waals surface area contributed by atoms with Gasteiger partial charge in [-0.1, -0.05) is 17.9 Å². The molecule has 0 aliphatic carbocycles. The van der Waals surface area contributed by atoms with E-state index in [1.165, 1.54) is 6.07 Å². The highest BCUT2D eigenvalue weighted by atomic mass is 19.1. The van der Waals surface area contributed by atoms with Crippen LogP contribution in [0.1, 0.15) is 25.0 Å². The van der Waals surface area contributed by atoms with Crippen LogP contribution in [0.4, 0.5) is 4.39 Å².